The van der Waals surface area contributed by atoms with E-state index >= 15 is 0 Å². The Hall–Kier alpha value is -3.36. The molecule has 0 bridgehead atoms. The minimum absolute atomic E-state index is 0.0320. The second kappa shape index (κ2) is 8.76. The fourth-order valence-corrected chi connectivity index (χ4v) is 3.04. The Kier molecular flexibility index (Phi) is 6.16. The summed E-state index contributed by atoms with van der Waals surface area (Å²) in [6.45, 7) is 0.119. The van der Waals surface area contributed by atoms with Gasteiger partial charge in [0.15, 0.2) is 0 Å². The molecule has 0 saturated heterocycles. The van der Waals surface area contributed by atoms with Crippen LogP contribution in [0.1, 0.15) is 26.5 Å². The molecule has 2 amide bonds. The fraction of sp³-hybridized carbons (Fsp3) is 0.0526. The summed E-state index contributed by atoms with van der Waals surface area (Å²) in [5.41, 5.74) is -0.138. The number of nitro groups is 1. The first kappa shape index (κ1) is 20.4. The van der Waals surface area contributed by atoms with Gasteiger partial charge in [0.1, 0.15) is 5.76 Å². The number of hydrogen-bond acceptors (Lipinski definition) is 5. The van der Waals surface area contributed by atoms with E-state index < -0.39 is 16.7 Å². The van der Waals surface area contributed by atoms with Crippen molar-refractivity contribution >= 4 is 46.4 Å². The Labute approximate surface area is 174 Å². The molecule has 0 atom stereocenters. The van der Waals surface area contributed by atoms with Crippen molar-refractivity contribution in [3.05, 3.63) is 91.8 Å². The third-order valence-corrected chi connectivity index (χ3v) is 4.38. The van der Waals surface area contributed by atoms with Gasteiger partial charge in [-0.2, -0.15) is 0 Å². The van der Waals surface area contributed by atoms with E-state index in [-0.39, 0.29) is 39.1 Å². The van der Waals surface area contributed by atoms with Crippen molar-refractivity contribution in [3.8, 4) is 0 Å². The van der Waals surface area contributed by atoms with Crippen LogP contribution in [0.25, 0.3) is 0 Å². The molecule has 8 nitrogen and oxygen atoms in total. The lowest BCUT2D eigenvalue weighted by atomic mass is 10.1. The predicted octanol–water partition coefficient (Wildman–Crippen LogP) is 4.68. The second-order valence-corrected chi connectivity index (χ2v) is 6.68. The SMILES string of the molecule is O=C(Nc1c(Cl)cc(Cl)cc1C(=O)NCc1ccco1)c1cccc([N+](=O)[O-])c1. The van der Waals surface area contributed by atoms with E-state index in [1.165, 1.54) is 36.6 Å². The van der Waals surface area contributed by atoms with E-state index in [1.54, 1.807) is 12.1 Å². The van der Waals surface area contributed by atoms with Crippen LogP contribution in [0.5, 0.6) is 0 Å². The minimum Gasteiger partial charge on any atom is -0.467 e. The first-order valence-corrected chi connectivity index (χ1v) is 8.96. The Morgan fingerprint density at radius 1 is 1.07 bits per heavy atom. The number of hydrogen-bond donors (Lipinski definition) is 2. The van der Waals surface area contributed by atoms with E-state index in [0.29, 0.717) is 5.76 Å². The Morgan fingerprint density at radius 3 is 2.55 bits per heavy atom. The van der Waals surface area contributed by atoms with Crippen molar-refractivity contribution in [2.75, 3.05) is 5.32 Å². The Balaban J connectivity index is 1.86. The zero-order valence-electron chi connectivity index (χ0n) is 14.6. The van der Waals surface area contributed by atoms with Crippen molar-refractivity contribution in [2.45, 2.75) is 6.54 Å². The van der Waals surface area contributed by atoms with E-state index in [9.17, 15) is 19.7 Å². The summed E-state index contributed by atoms with van der Waals surface area (Å²) in [7, 11) is 0. The van der Waals surface area contributed by atoms with Crippen LogP contribution in [-0.4, -0.2) is 16.7 Å². The number of nitrogens with zero attached hydrogens (tertiary/aromatic N) is 1. The van der Waals surface area contributed by atoms with Crippen LogP contribution in [0.15, 0.2) is 59.2 Å². The van der Waals surface area contributed by atoms with Crippen LogP contribution < -0.4 is 10.6 Å². The topological polar surface area (TPSA) is 114 Å². The molecule has 29 heavy (non-hydrogen) atoms. The molecule has 1 heterocycles. The van der Waals surface area contributed by atoms with E-state index in [4.69, 9.17) is 27.6 Å². The first-order valence-electron chi connectivity index (χ1n) is 8.20. The highest BCUT2D eigenvalue weighted by molar-refractivity contribution is 6.38. The smallest absolute Gasteiger partial charge is 0.270 e. The van der Waals surface area contributed by atoms with Gasteiger partial charge in [0, 0.05) is 22.7 Å². The maximum absolute atomic E-state index is 12.6. The van der Waals surface area contributed by atoms with Crippen LogP contribution in [0, 0.1) is 10.1 Å². The molecule has 2 aromatic carbocycles. The maximum atomic E-state index is 12.6. The lowest BCUT2D eigenvalue weighted by Crippen LogP contribution is -2.25. The number of amides is 2. The average molecular weight is 434 g/mol. The van der Waals surface area contributed by atoms with E-state index in [1.807, 2.05) is 0 Å². The number of non-ortho nitro benzene ring substituents is 1. The highest BCUT2D eigenvalue weighted by Gasteiger charge is 2.20. The molecule has 10 heteroatoms. The summed E-state index contributed by atoms with van der Waals surface area (Å²) < 4.78 is 5.16. The van der Waals surface area contributed by atoms with Crippen LogP contribution in [0.4, 0.5) is 11.4 Å². The summed E-state index contributed by atoms with van der Waals surface area (Å²) in [5.74, 6) is -0.674. The van der Waals surface area contributed by atoms with Crippen molar-refractivity contribution in [2.24, 2.45) is 0 Å². The van der Waals surface area contributed by atoms with Gasteiger partial charge in [0.25, 0.3) is 17.5 Å². The lowest BCUT2D eigenvalue weighted by molar-refractivity contribution is -0.384. The highest BCUT2D eigenvalue weighted by atomic mass is 35.5. The number of rotatable bonds is 6. The molecule has 0 unspecified atom stereocenters. The van der Waals surface area contributed by atoms with Crippen molar-refractivity contribution in [3.63, 3.8) is 0 Å². The van der Waals surface area contributed by atoms with Crippen molar-refractivity contribution < 1.29 is 18.9 Å². The van der Waals surface area contributed by atoms with Crippen molar-refractivity contribution in [1.29, 1.82) is 0 Å². The van der Waals surface area contributed by atoms with Gasteiger partial charge in [-0.3, -0.25) is 19.7 Å². The van der Waals surface area contributed by atoms with Gasteiger partial charge in [0.2, 0.25) is 0 Å². The molecule has 3 rings (SSSR count). The van der Waals surface area contributed by atoms with Gasteiger partial charge in [-0.05, 0) is 30.3 Å². The number of carbonyl (C=O) groups is 2. The molecule has 0 spiro atoms. The minimum atomic E-state index is -0.669. The third-order valence-electron chi connectivity index (χ3n) is 3.86. The molecule has 0 radical (unpaired) electrons. The fourth-order valence-electron chi connectivity index (χ4n) is 2.50. The van der Waals surface area contributed by atoms with E-state index in [2.05, 4.69) is 10.6 Å². The van der Waals surface area contributed by atoms with Crippen LogP contribution in [0.2, 0.25) is 10.0 Å². The molecule has 3 aromatic rings. The first-order chi connectivity index (χ1) is 13.8. The molecule has 0 aliphatic carbocycles. The monoisotopic (exact) mass is 433 g/mol. The molecule has 1 aromatic heterocycles. The van der Waals surface area contributed by atoms with Gasteiger partial charge in [-0.15, -0.1) is 0 Å². The summed E-state index contributed by atoms with van der Waals surface area (Å²) in [6.07, 6.45) is 1.47. The quantitative estimate of drug-likeness (QED) is 0.432. The number of benzene rings is 2. The summed E-state index contributed by atoms with van der Waals surface area (Å²) >= 11 is 12.2. The molecule has 0 aliphatic heterocycles. The Bertz CT molecular complexity index is 1080. The molecule has 2 N–H and O–H groups in total. The number of nitro benzene ring substituents is 1. The van der Waals surface area contributed by atoms with Gasteiger partial charge in [-0.1, -0.05) is 29.3 Å². The number of nitrogens with one attached hydrogen (secondary N) is 2. The summed E-state index contributed by atoms with van der Waals surface area (Å²) in [6, 6.07) is 11.3. The number of furan rings is 1. The maximum Gasteiger partial charge on any atom is 0.270 e. The Morgan fingerprint density at radius 2 is 1.86 bits per heavy atom. The molecule has 148 valence electrons. The number of carbonyl (C=O) groups excluding carboxylic acids is 2. The molecule has 0 saturated carbocycles. The van der Waals surface area contributed by atoms with Gasteiger partial charge >= 0.3 is 0 Å². The van der Waals surface area contributed by atoms with E-state index in [0.717, 1.165) is 6.07 Å². The molecule has 0 fully saturated rings. The van der Waals surface area contributed by atoms with Gasteiger partial charge in [-0.25, -0.2) is 0 Å². The van der Waals surface area contributed by atoms with Crippen molar-refractivity contribution in [1.82, 2.24) is 5.32 Å². The van der Waals surface area contributed by atoms with Crippen LogP contribution in [-0.2, 0) is 6.54 Å². The molecule has 0 aliphatic rings. The normalized spacial score (nSPS) is 10.4. The average Bonchev–Trinajstić information content (AvgIpc) is 3.21. The predicted molar refractivity (Wildman–Crippen MR) is 107 cm³/mol. The zero-order valence-corrected chi connectivity index (χ0v) is 16.2. The molecular weight excluding hydrogens is 421 g/mol. The lowest BCUT2D eigenvalue weighted by Gasteiger charge is -2.13. The number of halogens is 2. The number of anilines is 1. The third kappa shape index (κ3) is 4.92. The highest BCUT2D eigenvalue weighted by Crippen LogP contribution is 2.31. The van der Waals surface area contributed by atoms with Crippen LogP contribution >= 0.6 is 23.2 Å². The van der Waals surface area contributed by atoms with Crippen LogP contribution in [0.3, 0.4) is 0 Å². The van der Waals surface area contributed by atoms with Gasteiger partial charge < -0.3 is 15.1 Å². The summed E-state index contributed by atoms with van der Waals surface area (Å²) in [5, 5.41) is 16.3. The largest absolute Gasteiger partial charge is 0.467 e. The summed E-state index contributed by atoms with van der Waals surface area (Å²) in [4.78, 5) is 35.5. The van der Waals surface area contributed by atoms with Gasteiger partial charge in [0.05, 0.1) is 34.0 Å². The zero-order chi connectivity index (χ0) is 21.0. The second-order valence-electron chi connectivity index (χ2n) is 5.83. The molecular formula is C19H13Cl2N3O5. The standard InChI is InChI=1S/C19H13Cl2N3O5/c20-12-8-15(19(26)22-10-14-5-2-6-29-14)17(16(21)9-12)23-18(25)11-3-1-4-13(7-11)24(27)28/h1-9H,10H2,(H,22,26)(H,23,25).